The van der Waals surface area contributed by atoms with Gasteiger partial charge < -0.3 is 0 Å². The molecule has 1 aliphatic carbocycles. The molecular weight excluding hydrogens is 241 g/mol. The molecule has 2 heterocycles. The lowest BCUT2D eigenvalue weighted by atomic mass is 10.0. The predicted molar refractivity (Wildman–Crippen MR) is 61.4 cm³/mol. The first-order chi connectivity index (χ1) is 8.25. The normalized spacial score (nSPS) is 18.1. The fraction of sp³-hybridized carbons (Fsp3) is 0.250. The summed E-state index contributed by atoms with van der Waals surface area (Å²) in [6, 6.07) is 3.91. The van der Waals surface area contributed by atoms with Crippen LogP contribution in [-0.4, -0.2) is 15.0 Å². The van der Waals surface area contributed by atoms with Gasteiger partial charge in [0.15, 0.2) is 5.82 Å². The molecule has 3 rings (SSSR count). The van der Waals surface area contributed by atoms with E-state index in [9.17, 15) is 4.39 Å². The minimum atomic E-state index is -0.419. The van der Waals surface area contributed by atoms with Crippen LogP contribution in [0.5, 0.6) is 0 Å². The number of pyridine rings is 1. The van der Waals surface area contributed by atoms with Crippen molar-refractivity contribution in [3.63, 3.8) is 0 Å². The van der Waals surface area contributed by atoms with Crippen LogP contribution in [0.2, 0.25) is 5.28 Å². The van der Waals surface area contributed by atoms with Gasteiger partial charge in [-0.2, -0.15) is 0 Å². The van der Waals surface area contributed by atoms with Crippen molar-refractivity contribution in [1.29, 1.82) is 0 Å². The van der Waals surface area contributed by atoms with Crippen LogP contribution < -0.4 is 0 Å². The van der Waals surface area contributed by atoms with Gasteiger partial charge in [-0.25, -0.2) is 14.4 Å². The molecule has 2 aromatic heterocycles. The van der Waals surface area contributed by atoms with E-state index < -0.39 is 5.82 Å². The maximum absolute atomic E-state index is 13.7. The largest absolute Gasteiger partial charge is 0.260 e. The third kappa shape index (κ3) is 1.78. The number of rotatable bonds is 1. The summed E-state index contributed by atoms with van der Waals surface area (Å²) in [5.74, 6) is -0.524. The van der Waals surface area contributed by atoms with Crippen LogP contribution >= 0.6 is 11.6 Å². The van der Waals surface area contributed by atoms with E-state index in [2.05, 4.69) is 15.0 Å². The Hall–Kier alpha value is -1.55. The topological polar surface area (TPSA) is 38.7 Å². The van der Waals surface area contributed by atoms with Gasteiger partial charge in [-0.15, -0.1) is 0 Å². The minimum Gasteiger partial charge on any atom is -0.260 e. The third-order valence-electron chi connectivity index (χ3n) is 3.03. The van der Waals surface area contributed by atoms with Crippen molar-refractivity contribution in [3.8, 4) is 0 Å². The van der Waals surface area contributed by atoms with Crippen LogP contribution in [0.15, 0.2) is 24.5 Å². The van der Waals surface area contributed by atoms with Gasteiger partial charge in [0.25, 0.3) is 0 Å². The van der Waals surface area contributed by atoms with Gasteiger partial charge in [0.2, 0.25) is 5.28 Å². The molecule has 0 aromatic carbocycles. The van der Waals surface area contributed by atoms with Gasteiger partial charge in [-0.3, -0.25) is 4.98 Å². The van der Waals surface area contributed by atoms with Gasteiger partial charge >= 0.3 is 0 Å². The second kappa shape index (κ2) is 4.04. The highest BCUT2D eigenvalue weighted by atomic mass is 35.5. The molecule has 0 radical (unpaired) electrons. The van der Waals surface area contributed by atoms with Crippen molar-refractivity contribution in [2.45, 2.75) is 18.8 Å². The lowest BCUT2D eigenvalue weighted by molar-refractivity contribution is 0.570. The zero-order chi connectivity index (χ0) is 11.8. The van der Waals surface area contributed by atoms with Crippen molar-refractivity contribution in [2.75, 3.05) is 0 Å². The van der Waals surface area contributed by atoms with E-state index in [1.807, 2.05) is 12.1 Å². The first-order valence-corrected chi connectivity index (χ1v) is 5.75. The quantitative estimate of drug-likeness (QED) is 0.730. The average molecular weight is 250 g/mol. The number of hydrogen-bond acceptors (Lipinski definition) is 3. The molecule has 0 aliphatic heterocycles. The molecule has 5 heteroatoms. The molecule has 0 bridgehead atoms. The van der Waals surface area contributed by atoms with Gasteiger partial charge in [-0.05, 0) is 36.1 Å². The Bertz CT molecular complexity index is 573. The molecule has 1 atom stereocenters. The van der Waals surface area contributed by atoms with Crippen molar-refractivity contribution in [2.24, 2.45) is 0 Å². The summed E-state index contributed by atoms with van der Waals surface area (Å²) < 4.78 is 13.7. The Labute approximate surface area is 103 Å². The summed E-state index contributed by atoms with van der Waals surface area (Å²) in [5, 5.41) is 0.0748. The number of fused-ring (bicyclic) bond motifs is 1. The van der Waals surface area contributed by atoms with E-state index in [0.29, 0.717) is 5.69 Å². The number of nitrogens with zero attached hydrogens (tertiary/aromatic N) is 3. The molecule has 0 fully saturated rings. The van der Waals surface area contributed by atoms with Gasteiger partial charge in [-0.1, -0.05) is 6.07 Å². The summed E-state index contributed by atoms with van der Waals surface area (Å²) >= 11 is 5.71. The van der Waals surface area contributed by atoms with Crippen LogP contribution in [0.25, 0.3) is 0 Å². The third-order valence-corrected chi connectivity index (χ3v) is 3.21. The molecule has 0 N–H and O–H groups in total. The summed E-state index contributed by atoms with van der Waals surface area (Å²) in [5.41, 5.74) is 2.41. The SMILES string of the molecule is Fc1cnc(Cl)nc1C1CCc2cccnc21. The van der Waals surface area contributed by atoms with Crippen LogP contribution in [0, 0.1) is 5.82 Å². The van der Waals surface area contributed by atoms with E-state index in [0.717, 1.165) is 30.3 Å². The zero-order valence-corrected chi connectivity index (χ0v) is 9.65. The molecule has 0 amide bonds. The highest BCUT2D eigenvalue weighted by molar-refractivity contribution is 6.28. The second-order valence-corrected chi connectivity index (χ2v) is 4.35. The number of hydrogen-bond donors (Lipinski definition) is 0. The molecule has 1 aliphatic rings. The molecule has 17 heavy (non-hydrogen) atoms. The molecular formula is C12H9ClFN3. The number of halogens is 2. The fourth-order valence-corrected chi connectivity index (χ4v) is 2.42. The molecule has 1 unspecified atom stereocenters. The zero-order valence-electron chi connectivity index (χ0n) is 8.90. The fourth-order valence-electron chi connectivity index (χ4n) is 2.28. The Morgan fingerprint density at radius 1 is 1.29 bits per heavy atom. The van der Waals surface area contributed by atoms with E-state index in [4.69, 9.17) is 11.6 Å². The molecule has 0 saturated heterocycles. The maximum Gasteiger partial charge on any atom is 0.222 e. The second-order valence-electron chi connectivity index (χ2n) is 4.01. The Morgan fingerprint density at radius 3 is 3.06 bits per heavy atom. The van der Waals surface area contributed by atoms with E-state index in [-0.39, 0.29) is 11.2 Å². The average Bonchev–Trinajstić information content (AvgIpc) is 2.76. The highest BCUT2D eigenvalue weighted by Crippen LogP contribution is 2.36. The standard InChI is InChI=1S/C12H9ClFN3/c13-12-16-6-9(14)11(17-12)8-4-3-7-2-1-5-15-10(7)8/h1-2,5-6,8H,3-4H2. The lowest BCUT2D eigenvalue weighted by Gasteiger charge is -2.10. The van der Waals surface area contributed by atoms with Crippen LogP contribution in [0.1, 0.15) is 29.3 Å². The van der Waals surface area contributed by atoms with Gasteiger partial charge in [0.05, 0.1) is 17.6 Å². The molecule has 0 spiro atoms. The number of aromatic nitrogens is 3. The van der Waals surface area contributed by atoms with Crippen LogP contribution in [-0.2, 0) is 6.42 Å². The predicted octanol–water partition coefficient (Wildman–Crippen LogP) is 2.74. The Morgan fingerprint density at radius 2 is 2.18 bits per heavy atom. The van der Waals surface area contributed by atoms with Crippen molar-refractivity contribution < 1.29 is 4.39 Å². The first-order valence-electron chi connectivity index (χ1n) is 5.37. The molecule has 0 saturated carbocycles. The Balaban J connectivity index is 2.10. The van der Waals surface area contributed by atoms with Crippen molar-refractivity contribution in [1.82, 2.24) is 15.0 Å². The van der Waals surface area contributed by atoms with Gasteiger partial charge in [0.1, 0.15) is 0 Å². The summed E-state index contributed by atoms with van der Waals surface area (Å²) in [4.78, 5) is 11.9. The summed E-state index contributed by atoms with van der Waals surface area (Å²) in [6.07, 6.45) is 4.55. The van der Waals surface area contributed by atoms with Gasteiger partial charge in [0, 0.05) is 12.1 Å². The summed E-state index contributed by atoms with van der Waals surface area (Å²) in [6.45, 7) is 0. The molecule has 3 nitrogen and oxygen atoms in total. The van der Waals surface area contributed by atoms with Crippen LogP contribution in [0.3, 0.4) is 0 Å². The van der Waals surface area contributed by atoms with E-state index in [1.165, 1.54) is 0 Å². The van der Waals surface area contributed by atoms with E-state index in [1.54, 1.807) is 6.20 Å². The Kier molecular flexibility index (Phi) is 2.52. The van der Waals surface area contributed by atoms with E-state index >= 15 is 0 Å². The maximum atomic E-state index is 13.7. The first kappa shape index (κ1) is 10.6. The molecule has 86 valence electrons. The van der Waals surface area contributed by atoms with Crippen molar-refractivity contribution >= 4 is 11.6 Å². The smallest absolute Gasteiger partial charge is 0.222 e. The minimum absolute atomic E-state index is 0.0748. The summed E-state index contributed by atoms with van der Waals surface area (Å²) in [7, 11) is 0. The molecule has 2 aromatic rings. The lowest BCUT2D eigenvalue weighted by Crippen LogP contribution is -2.05. The highest BCUT2D eigenvalue weighted by Gasteiger charge is 2.28. The van der Waals surface area contributed by atoms with Crippen molar-refractivity contribution in [3.05, 3.63) is 52.6 Å². The van der Waals surface area contributed by atoms with Crippen LogP contribution in [0.4, 0.5) is 4.39 Å². The number of aryl methyl sites for hydroxylation is 1. The monoisotopic (exact) mass is 249 g/mol.